The Morgan fingerprint density at radius 1 is 0.782 bits per heavy atom. The highest BCUT2D eigenvalue weighted by atomic mass is 16.5. The van der Waals surface area contributed by atoms with Crippen molar-refractivity contribution in [2.45, 2.75) is 111 Å². The molecule has 0 bridgehead atoms. The summed E-state index contributed by atoms with van der Waals surface area (Å²) in [5.74, 6) is -2.98. The first-order chi connectivity index (χ1) is 25.8. The maximum Gasteiger partial charge on any atom is 0.243 e. The number of hydrogen-bond donors (Lipinski definition) is 5. The first-order valence-electron chi connectivity index (χ1n) is 19.3. The van der Waals surface area contributed by atoms with E-state index in [1.54, 1.807) is 24.3 Å². The zero-order valence-electron chi connectivity index (χ0n) is 33.2. The number of rotatable bonds is 22. The number of likely N-dealkylation sites (tertiary alicyclic amines) is 1. The van der Waals surface area contributed by atoms with Gasteiger partial charge in [-0.2, -0.15) is 0 Å². The van der Waals surface area contributed by atoms with E-state index in [0.717, 1.165) is 18.4 Å². The van der Waals surface area contributed by atoms with Gasteiger partial charge in [0, 0.05) is 31.2 Å². The third-order valence-electron chi connectivity index (χ3n) is 9.65. The highest BCUT2D eigenvalue weighted by Crippen LogP contribution is 2.36. The number of nitrogens with one attached hydrogen (secondary N) is 5. The van der Waals surface area contributed by atoms with E-state index in [4.69, 9.17) is 4.74 Å². The quantitative estimate of drug-likeness (QED) is 0.0662. The molecule has 1 unspecified atom stereocenters. The van der Waals surface area contributed by atoms with Crippen molar-refractivity contribution in [2.75, 3.05) is 32.9 Å². The van der Waals surface area contributed by atoms with E-state index in [1.807, 2.05) is 47.6 Å². The van der Waals surface area contributed by atoms with Crippen molar-refractivity contribution in [2.24, 2.45) is 22.7 Å². The van der Waals surface area contributed by atoms with Crippen LogP contribution in [-0.4, -0.2) is 97.1 Å². The van der Waals surface area contributed by atoms with Gasteiger partial charge in [-0.05, 0) is 36.2 Å². The molecular formula is C40H60N6O9. The van der Waals surface area contributed by atoms with Crippen molar-refractivity contribution in [3.63, 3.8) is 0 Å². The van der Waals surface area contributed by atoms with E-state index >= 15 is 0 Å². The summed E-state index contributed by atoms with van der Waals surface area (Å²) in [4.78, 5) is 102. The van der Waals surface area contributed by atoms with Gasteiger partial charge in [0.2, 0.25) is 41.4 Å². The number of nitrogens with zero attached hydrogens (tertiary/aromatic N) is 1. The lowest BCUT2D eigenvalue weighted by atomic mass is 9.80. The van der Waals surface area contributed by atoms with Gasteiger partial charge in [-0.3, -0.25) is 43.3 Å². The topological polar surface area (TPSA) is 209 Å². The highest BCUT2D eigenvalue weighted by Gasteiger charge is 2.44. The fourth-order valence-corrected chi connectivity index (χ4v) is 6.11. The van der Waals surface area contributed by atoms with Crippen LogP contribution in [0.5, 0.6) is 0 Å². The lowest BCUT2D eigenvalue weighted by Crippen LogP contribution is -2.52. The molecule has 0 spiro atoms. The van der Waals surface area contributed by atoms with Crippen LogP contribution in [0.4, 0.5) is 0 Å². The second-order valence-corrected chi connectivity index (χ2v) is 16.6. The molecule has 1 heterocycles. The van der Waals surface area contributed by atoms with Gasteiger partial charge in [0.15, 0.2) is 5.78 Å². The minimum Gasteiger partial charge on any atom is -0.350 e. The molecular weight excluding hydrogens is 708 g/mol. The Morgan fingerprint density at radius 2 is 1.40 bits per heavy atom. The summed E-state index contributed by atoms with van der Waals surface area (Å²) in [6, 6.07) is 7.90. The molecule has 7 amide bonds. The Bertz CT molecular complexity index is 1530. The van der Waals surface area contributed by atoms with Crippen LogP contribution in [0, 0.1) is 22.7 Å². The number of carbonyl (C=O) groups is 8. The van der Waals surface area contributed by atoms with Gasteiger partial charge in [-0.15, -0.1) is 0 Å². The first kappa shape index (κ1) is 44.7. The average Bonchev–Trinajstić information content (AvgIpc) is 3.89. The van der Waals surface area contributed by atoms with E-state index < -0.39 is 54.3 Å². The second kappa shape index (κ2) is 20.9. The molecule has 1 aliphatic carbocycles. The van der Waals surface area contributed by atoms with Crippen molar-refractivity contribution in [1.82, 2.24) is 31.5 Å². The third kappa shape index (κ3) is 15.9. The van der Waals surface area contributed by atoms with Gasteiger partial charge >= 0.3 is 0 Å². The van der Waals surface area contributed by atoms with Crippen molar-refractivity contribution in [3.05, 3.63) is 35.9 Å². The van der Waals surface area contributed by atoms with Crippen molar-refractivity contribution in [1.29, 1.82) is 0 Å². The van der Waals surface area contributed by atoms with Crippen LogP contribution in [0.15, 0.2) is 30.3 Å². The van der Waals surface area contributed by atoms with Gasteiger partial charge in [0.25, 0.3) is 0 Å². The van der Waals surface area contributed by atoms with E-state index in [-0.39, 0.29) is 67.4 Å². The lowest BCUT2D eigenvalue weighted by Gasteiger charge is -2.25. The number of Topliss-reactive ketones (excluding diaryl/α,β-unsaturated/α-hetero) is 1. The highest BCUT2D eigenvalue weighted by molar-refractivity contribution is 6.03. The average molecular weight is 769 g/mol. The maximum absolute atomic E-state index is 13.1. The fourth-order valence-electron chi connectivity index (χ4n) is 6.11. The number of imide groups is 1. The second-order valence-electron chi connectivity index (χ2n) is 16.6. The van der Waals surface area contributed by atoms with E-state index in [9.17, 15) is 38.4 Å². The number of hydrogen-bond acceptors (Lipinski definition) is 9. The molecule has 3 atom stereocenters. The summed E-state index contributed by atoms with van der Waals surface area (Å²) in [5.41, 5.74) is -0.120. The third-order valence-corrected chi connectivity index (χ3v) is 9.65. The summed E-state index contributed by atoms with van der Waals surface area (Å²) in [6.07, 6.45) is 4.28. The number of unbranched alkanes of at least 4 members (excludes halogenated alkanes) is 2. The molecule has 3 rings (SSSR count). The summed E-state index contributed by atoms with van der Waals surface area (Å²) in [7, 11) is 0. The van der Waals surface area contributed by atoms with Crippen LogP contribution in [-0.2, 0) is 49.5 Å². The Morgan fingerprint density at radius 3 is 2.02 bits per heavy atom. The van der Waals surface area contributed by atoms with E-state index in [2.05, 4.69) is 26.6 Å². The molecule has 0 radical (unpaired) electrons. The number of carbonyl (C=O) groups excluding carboxylic acids is 8. The zero-order chi connectivity index (χ0) is 40.8. The number of benzene rings is 1. The predicted molar refractivity (Wildman–Crippen MR) is 204 cm³/mol. The van der Waals surface area contributed by atoms with Gasteiger partial charge in [-0.1, -0.05) is 91.1 Å². The number of ketones is 1. The van der Waals surface area contributed by atoms with Crippen molar-refractivity contribution in [3.8, 4) is 0 Å². The number of ether oxygens (including phenoxy) is 1. The molecule has 55 heavy (non-hydrogen) atoms. The van der Waals surface area contributed by atoms with Crippen LogP contribution < -0.4 is 26.6 Å². The molecule has 15 heteroatoms. The molecule has 2 aliphatic rings. The molecule has 1 aromatic rings. The molecule has 1 saturated heterocycles. The minimum absolute atomic E-state index is 0.0341. The minimum atomic E-state index is -1.07. The summed E-state index contributed by atoms with van der Waals surface area (Å²) in [6.45, 7) is 10.2. The van der Waals surface area contributed by atoms with Crippen LogP contribution in [0.1, 0.15) is 98.5 Å². The first-order valence-corrected chi connectivity index (χ1v) is 19.3. The predicted octanol–water partition coefficient (Wildman–Crippen LogP) is 1.92. The summed E-state index contributed by atoms with van der Waals surface area (Å²) >= 11 is 0. The Labute approximate surface area is 324 Å². The summed E-state index contributed by atoms with van der Waals surface area (Å²) < 4.78 is 5.74. The van der Waals surface area contributed by atoms with Crippen molar-refractivity contribution >= 4 is 47.1 Å². The van der Waals surface area contributed by atoms with Crippen molar-refractivity contribution < 1.29 is 43.1 Å². The molecule has 15 nitrogen and oxygen atoms in total. The monoisotopic (exact) mass is 768 g/mol. The van der Waals surface area contributed by atoms with E-state index in [0.29, 0.717) is 38.1 Å². The van der Waals surface area contributed by atoms with Crippen LogP contribution in [0.3, 0.4) is 0 Å². The van der Waals surface area contributed by atoms with Gasteiger partial charge in [-0.25, -0.2) is 0 Å². The fraction of sp³-hybridized carbons (Fsp3) is 0.650. The maximum atomic E-state index is 13.1. The normalized spacial score (nSPS) is 16.9. The SMILES string of the molecule is CC(C)(C)C(=O)[C@H](CC1CC1)OCNC(=O)CNC(=O)[C@H](Cc1ccccc1)NC(=O)CNC(=O)CNC(=O)CCCCCN1C(=O)CC(C(C)(C)C)C1=O. The molecule has 0 aromatic heterocycles. The molecule has 1 aromatic carbocycles. The lowest BCUT2D eigenvalue weighted by molar-refractivity contribution is -0.141. The molecule has 1 aliphatic heterocycles. The Kier molecular flexibility index (Phi) is 17.0. The zero-order valence-corrected chi connectivity index (χ0v) is 33.2. The summed E-state index contributed by atoms with van der Waals surface area (Å²) in [5, 5.41) is 12.6. The molecule has 1 saturated carbocycles. The van der Waals surface area contributed by atoms with E-state index in [1.165, 1.54) is 4.90 Å². The van der Waals surface area contributed by atoms with Crippen LogP contribution in [0.2, 0.25) is 0 Å². The van der Waals surface area contributed by atoms with Crippen LogP contribution >= 0.6 is 0 Å². The Balaban J connectivity index is 1.36. The van der Waals surface area contributed by atoms with Gasteiger partial charge < -0.3 is 31.3 Å². The van der Waals surface area contributed by atoms with Gasteiger partial charge in [0.05, 0.1) is 25.6 Å². The largest absolute Gasteiger partial charge is 0.350 e. The standard InChI is InChI=1S/C40H60N6O9/c1-39(2,3)28-21-35(51)46(38(28)54)18-12-8-11-15-31(47)41-22-32(48)42-24-34(50)45-29(19-26-13-9-7-10-14-26)37(53)43-23-33(49)44-25-55-30(20-27-16-17-27)36(52)40(4,5)6/h7,9-10,13-14,27-30H,8,11-12,15-25H2,1-6H3,(H,41,47)(H,42,48)(H,43,53)(H,44,49)(H,45,50)/t28?,29-,30-/m0/s1. The molecule has 304 valence electrons. The number of amides is 7. The Hall–Kier alpha value is -4.66. The molecule has 2 fully saturated rings. The van der Waals surface area contributed by atoms with Crippen LogP contribution in [0.25, 0.3) is 0 Å². The smallest absolute Gasteiger partial charge is 0.243 e. The van der Waals surface area contributed by atoms with Gasteiger partial charge in [0.1, 0.15) is 18.9 Å². The molecule has 5 N–H and O–H groups in total.